The molecule has 1 saturated heterocycles. The topological polar surface area (TPSA) is 51.0 Å². The van der Waals surface area contributed by atoms with E-state index in [-0.39, 0.29) is 11.6 Å². The monoisotopic (exact) mass is 406 g/mol. The number of piperidine rings is 1. The van der Waals surface area contributed by atoms with Crippen LogP contribution in [0.5, 0.6) is 0 Å². The molecule has 0 radical (unpaired) electrons. The van der Waals surface area contributed by atoms with Crippen molar-refractivity contribution >= 4 is 17.4 Å². The highest BCUT2D eigenvalue weighted by molar-refractivity contribution is 6.32. The smallest absolute Gasteiger partial charge is 0.251 e. The molecule has 3 aromatic rings. The van der Waals surface area contributed by atoms with Crippen LogP contribution in [0.1, 0.15) is 35.5 Å². The Morgan fingerprint density at radius 2 is 1.93 bits per heavy atom. The van der Waals surface area contributed by atoms with Gasteiger partial charge in [0, 0.05) is 36.8 Å². The SMILES string of the molecule is Cc1ncc(Cl)c(N2C[C@H]3C[C@@H](C2)[C@H](Cc2ccccc2)n2c3cccc2=O)n1. The summed E-state index contributed by atoms with van der Waals surface area (Å²) in [6, 6.07) is 16.2. The highest BCUT2D eigenvalue weighted by Gasteiger charge is 2.41. The average molecular weight is 407 g/mol. The summed E-state index contributed by atoms with van der Waals surface area (Å²) in [6.07, 6.45) is 3.61. The zero-order valence-electron chi connectivity index (χ0n) is 16.3. The van der Waals surface area contributed by atoms with E-state index in [1.807, 2.05) is 19.1 Å². The number of hydrogen-bond acceptors (Lipinski definition) is 4. The fourth-order valence-corrected chi connectivity index (χ4v) is 5.21. The van der Waals surface area contributed by atoms with E-state index in [0.29, 0.717) is 16.9 Å². The van der Waals surface area contributed by atoms with Crippen LogP contribution >= 0.6 is 11.6 Å². The van der Waals surface area contributed by atoms with Crippen molar-refractivity contribution in [3.63, 3.8) is 0 Å². The largest absolute Gasteiger partial charge is 0.354 e. The molecule has 0 spiro atoms. The first-order chi connectivity index (χ1) is 14.1. The first-order valence-electron chi connectivity index (χ1n) is 10.1. The normalized spacial score (nSPS) is 23.0. The third-order valence-corrected chi connectivity index (χ3v) is 6.50. The third-order valence-electron chi connectivity index (χ3n) is 6.23. The van der Waals surface area contributed by atoms with Gasteiger partial charge >= 0.3 is 0 Å². The van der Waals surface area contributed by atoms with Crippen LogP contribution in [-0.4, -0.2) is 27.6 Å². The molecule has 0 aliphatic carbocycles. The minimum atomic E-state index is 0.0995. The first kappa shape index (κ1) is 18.4. The van der Waals surface area contributed by atoms with Gasteiger partial charge in [0.2, 0.25) is 0 Å². The maximum Gasteiger partial charge on any atom is 0.251 e. The van der Waals surface area contributed by atoms with Crippen LogP contribution in [0.15, 0.2) is 59.5 Å². The number of pyridine rings is 1. The molecule has 2 bridgehead atoms. The second-order valence-corrected chi connectivity index (χ2v) is 8.51. The fraction of sp³-hybridized carbons (Fsp3) is 0.348. The lowest BCUT2D eigenvalue weighted by atomic mass is 9.76. The third kappa shape index (κ3) is 3.33. The molecule has 0 saturated carbocycles. The maximum absolute atomic E-state index is 12.9. The van der Waals surface area contributed by atoms with Gasteiger partial charge < -0.3 is 9.47 Å². The summed E-state index contributed by atoms with van der Waals surface area (Å²) in [6.45, 7) is 3.54. The van der Waals surface area contributed by atoms with Crippen LogP contribution in [0.2, 0.25) is 5.02 Å². The van der Waals surface area contributed by atoms with Crippen LogP contribution in [0.4, 0.5) is 5.82 Å². The van der Waals surface area contributed by atoms with Gasteiger partial charge in [0.15, 0.2) is 5.82 Å². The van der Waals surface area contributed by atoms with Crippen LogP contribution in [0.25, 0.3) is 0 Å². The summed E-state index contributed by atoms with van der Waals surface area (Å²) < 4.78 is 2.05. The summed E-state index contributed by atoms with van der Waals surface area (Å²) in [5.41, 5.74) is 2.48. The average Bonchev–Trinajstić information content (AvgIpc) is 2.73. The molecule has 29 heavy (non-hydrogen) atoms. The van der Waals surface area contributed by atoms with Crippen LogP contribution in [0, 0.1) is 12.8 Å². The van der Waals surface area contributed by atoms with Crippen molar-refractivity contribution < 1.29 is 0 Å². The molecule has 0 amide bonds. The molecule has 1 aromatic carbocycles. The van der Waals surface area contributed by atoms with Crippen molar-refractivity contribution in [3.8, 4) is 0 Å². The second kappa shape index (κ2) is 7.30. The Morgan fingerprint density at radius 3 is 2.76 bits per heavy atom. The molecule has 5 rings (SSSR count). The molecule has 5 nitrogen and oxygen atoms in total. The molecule has 1 fully saturated rings. The van der Waals surface area contributed by atoms with Crippen molar-refractivity contribution in [2.24, 2.45) is 5.92 Å². The summed E-state index contributed by atoms with van der Waals surface area (Å²) in [5, 5.41) is 0.584. The molecule has 2 aliphatic rings. The summed E-state index contributed by atoms with van der Waals surface area (Å²) >= 11 is 6.46. The molecule has 0 unspecified atom stereocenters. The standard InChI is InChI=1S/C23H23ClN4O/c1-15-25-12-19(24)23(26-15)27-13-17-11-18(14-27)21(10-16-6-3-2-4-7-16)28-20(17)8-5-9-22(28)29/h2-9,12,17-18,21H,10-11,13-14H2,1H3/t17-,18+,21+/m1/s1. The summed E-state index contributed by atoms with van der Waals surface area (Å²) in [4.78, 5) is 24.0. The van der Waals surface area contributed by atoms with Gasteiger partial charge in [-0.15, -0.1) is 0 Å². The van der Waals surface area contributed by atoms with Gasteiger partial charge in [-0.05, 0) is 37.3 Å². The number of aryl methyl sites for hydroxylation is 1. The summed E-state index contributed by atoms with van der Waals surface area (Å²) in [7, 11) is 0. The van der Waals surface area contributed by atoms with E-state index in [4.69, 9.17) is 11.6 Å². The predicted octanol–water partition coefficient (Wildman–Crippen LogP) is 4.01. The molecule has 2 aliphatic heterocycles. The Bertz CT molecular complexity index is 1100. The Balaban J connectivity index is 1.57. The lowest BCUT2D eigenvalue weighted by Gasteiger charge is -2.47. The lowest BCUT2D eigenvalue weighted by molar-refractivity contribution is 0.211. The van der Waals surface area contributed by atoms with Gasteiger partial charge in [0.25, 0.3) is 5.56 Å². The number of rotatable bonds is 3. The van der Waals surface area contributed by atoms with Crippen LogP contribution < -0.4 is 10.5 Å². The van der Waals surface area contributed by atoms with Gasteiger partial charge in [0.1, 0.15) is 10.8 Å². The van der Waals surface area contributed by atoms with E-state index in [9.17, 15) is 4.79 Å². The predicted molar refractivity (Wildman–Crippen MR) is 115 cm³/mol. The highest BCUT2D eigenvalue weighted by atomic mass is 35.5. The Kier molecular flexibility index (Phi) is 4.63. The first-order valence-corrected chi connectivity index (χ1v) is 10.5. The Labute approximate surface area is 175 Å². The molecule has 2 aromatic heterocycles. The number of fused-ring (bicyclic) bond motifs is 4. The van der Waals surface area contributed by atoms with Crippen molar-refractivity contribution in [2.45, 2.75) is 31.7 Å². The number of halogens is 1. The Hall–Kier alpha value is -2.66. The van der Waals surface area contributed by atoms with Gasteiger partial charge in [0.05, 0.1) is 6.20 Å². The molecular formula is C23H23ClN4O. The maximum atomic E-state index is 12.9. The quantitative estimate of drug-likeness (QED) is 0.659. The summed E-state index contributed by atoms with van der Waals surface area (Å²) in [5.74, 6) is 2.17. The molecule has 6 heteroatoms. The van der Waals surface area contributed by atoms with Crippen molar-refractivity contribution in [2.75, 3.05) is 18.0 Å². The van der Waals surface area contributed by atoms with E-state index in [1.165, 1.54) is 5.56 Å². The zero-order valence-corrected chi connectivity index (χ0v) is 17.1. The van der Waals surface area contributed by atoms with Gasteiger partial charge in [-0.3, -0.25) is 4.79 Å². The van der Waals surface area contributed by atoms with Crippen molar-refractivity contribution in [3.05, 3.63) is 87.2 Å². The number of benzene rings is 1. The van der Waals surface area contributed by atoms with E-state index in [1.54, 1.807) is 12.3 Å². The molecule has 3 atom stereocenters. The minimum Gasteiger partial charge on any atom is -0.354 e. The Morgan fingerprint density at radius 1 is 1.10 bits per heavy atom. The number of nitrogens with zero attached hydrogens (tertiary/aromatic N) is 4. The van der Waals surface area contributed by atoms with Crippen molar-refractivity contribution in [1.29, 1.82) is 0 Å². The lowest BCUT2D eigenvalue weighted by Crippen LogP contribution is -2.50. The molecule has 4 heterocycles. The van der Waals surface area contributed by atoms with Gasteiger partial charge in [-0.2, -0.15) is 0 Å². The number of aromatic nitrogens is 3. The van der Waals surface area contributed by atoms with Gasteiger partial charge in [-0.25, -0.2) is 9.97 Å². The molecule has 0 N–H and O–H groups in total. The number of anilines is 1. The zero-order chi connectivity index (χ0) is 20.0. The molecule has 148 valence electrons. The van der Waals surface area contributed by atoms with Crippen molar-refractivity contribution in [1.82, 2.24) is 14.5 Å². The van der Waals surface area contributed by atoms with E-state index < -0.39 is 0 Å². The minimum absolute atomic E-state index is 0.0995. The highest BCUT2D eigenvalue weighted by Crippen LogP contribution is 2.43. The van der Waals surface area contributed by atoms with E-state index in [0.717, 1.165) is 43.3 Å². The van der Waals surface area contributed by atoms with Gasteiger partial charge in [-0.1, -0.05) is 48.0 Å². The van der Waals surface area contributed by atoms with E-state index in [2.05, 4.69) is 49.8 Å². The van der Waals surface area contributed by atoms with Crippen LogP contribution in [0.3, 0.4) is 0 Å². The fourth-order valence-electron chi connectivity index (χ4n) is 5.00. The molecular weight excluding hydrogens is 384 g/mol. The van der Waals surface area contributed by atoms with Crippen LogP contribution in [-0.2, 0) is 6.42 Å². The second-order valence-electron chi connectivity index (χ2n) is 8.10. The number of hydrogen-bond donors (Lipinski definition) is 0. The van der Waals surface area contributed by atoms with E-state index >= 15 is 0 Å².